The van der Waals surface area contributed by atoms with Crippen LogP contribution in [-0.2, 0) is 4.74 Å². The number of hydrogen-bond acceptors (Lipinski definition) is 10. The molecule has 0 aliphatic carbocycles. The first-order chi connectivity index (χ1) is 16.4. The zero-order valence-electron chi connectivity index (χ0n) is 18.7. The van der Waals surface area contributed by atoms with Gasteiger partial charge in [-0.2, -0.15) is 0 Å². The highest BCUT2D eigenvalue weighted by molar-refractivity contribution is 7.17. The van der Waals surface area contributed by atoms with E-state index in [1.54, 1.807) is 13.8 Å². The second kappa shape index (κ2) is 11.6. The van der Waals surface area contributed by atoms with Crippen LogP contribution in [0.4, 0.5) is 5.13 Å². The molecule has 3 N–H and O–H groups in total. The number of rotatable bonds is 6. The van der Waals surface area contributed by atoms with Gasteiger partial charge in [0, 0.05) is 31.9 Å². The van der Waals surface area contributed by atoms with Crippen LogP contribution >= 0.6 is 34.5 Å². The fraction of sp³-hybridized carbons (Fsp3) is 0.450. The SMILES string of the molecule is CCOC(=O)c1sc(N2CCC(NC(=O)c3[nH]c(C)c(Cl)c3Cl)CC2)nc1-c1nnco1.CO. The summed E-state index contributed by atoms with van der Waals surface area (Å²) in [5.74, 6) is -0.612. The Balaban J connectivity index is 0.00000158. The molecule has 14 heteroatoms. The van der Waals surface area contributed by atoms with Crippen molar-refractivity contribution in [3.63, 3.8) is 0 Å². The molecule has 0 saturated carbocycles. The van der Waals surface area contributed by atoms with Gasteiger partial charge in [-0.05, 0) is 26.7 Å². The summed E-state index contributed by atoms with van der Waals surface area (Å²) in [7, 11) is 1.00. The van der Waals surface area contributed by atoms with Crippen molar-refractivity contribution in [2.45, 2.75) is 32.7 Å². The Kier molecular flexibility index (Phi) is 8.89. The van der Waals surface area contributed by atoms with Crippen LogP contribution in [0.3, 0.4) is 0 Å². The molecule has 184 valence electrons. The van der Waals surface area contributed by atoms with Gasteiger partial charge in [0.05, 0.1) is 16.7 Å². The number of carbonyl (C=O) groups excluding carboxylic acids is 2. The summed E-state index contributed by atoms with van der Waals surface area (Å²) in [5.41, 5.74) is 1.22. The number of halogens is 2. The van der Waals surface area contributed by atoms with E-state index in [9.17, 15) is 9.59 Å². The second-order valence-electron chi connectivity index (χ2n) is 7.13. The van der Waals surface area contributed by atoms with E-state index in [0.29, 0.717) is 52.4 Å². The third-order valence-corrected chi connectivity index (χ3v) is 7.06. The number of thiazole rings is 1. The number of carbonyl (C=O) groups is 2. The van der Waals surface area contributed by atoms with E-state index in [0.717, 1.165) is 7.11 Å². The van der Waals surface area contributed by atoms with Crippen molar-refractivity contribution in [1.29, 1.82) is 0 Å². The van der Waals surface area contributed by atoms with Gasteiger partial charge in [0.1, 0.15) is 10.6 Å². The molecular weight excluding hydrogens is 507 g/mol. The smallest absolute Gasteiger partial charge is 0.350 e. The number of H-pyrrole nitrogens is 1. The number of aliphatic hydroxyl groups excluding tert-OH is 1. The molecule has 34 heavy (non-hydrogen) atoms. The molecule has 1 fully saturated rings. The van der Waals surface area contributed by atoms with E-state index in [4.69, 9.17) is 37.5 Å². The quantitative estimate of drug-likeness (QED) is 0.408. The van der Waals surface area contributed by atoms with Gasteiger partial charge in [-0.15, -0.1) is 10.2 Å². The average Bonchev–Trinajstić information content (AvgIpc) is 3.58. The van der Waals surface area contributed by atoms with Gasteiger partial charge in [0.15, 0.2) is 10.8 Å². The Hall–Kier alpha value is -2.67. The van der Waals surface area contributed by atoms with Crippen molar-refractivity contribution in [3.8, 4) is 11.6 Å². The fourth-order valence-corrected chi connectivity index (χ4v) is 4.82. The van der Waals surface area contributed by atoms with Crippen molar-refractivity contribution >= 4 is 51.5 Å². The van der Waals surface area contributed by atoms with Gasteiger partial charge in [-0.3, -0.25) is 4.79 Å². The van der Waals surface area contributed by atoms with Gasteiger partial charge in [0.25, 0.3) is 11.8 Å². The molecule has 0 unspecified atom stereocenters. The van der Waals surface area contributed by atoms with Gasteiger partial charge in [-0.1, -0.05) is 34.5 Å². The van der Waals surface area contributed by atoms with Crippen molar-refractivity contribution in [1.82, 2.24) is 25.5 Å². The molecule has 1 aliphatic heterocycles. The zero-order chi connectivity index (χ0) is 24.8. The largest absolute Gasteiger partial charge is 0.462 e. The van der Waals surface area contributed by atoms with Crippen LogP contribution in [0, 0.1) is 6.92 Å². The van der Waals surface area contributed by atoms with E-state index in [2.05, 4.69) is 30.4 Å². The molecule has 1 amide bonds. The summed E-state index contributed by atoms with van der Waals surface area (Å²) < 4.78 is 10.4. The van der Waals surface area contributed by atoms with Crippen LogP contribution in [0.25, 0.3) is 11.6 Å². The summed E-state index contributed by atoms with van der Waals surface area (Å²) in [6, 6.07) is -0.0305. The Morgan fingerprint density at radius 1 is 1.32 bits per heavy atom. The Morgan fingerprint density at radius 2 is 2.03 bits per heavy atom. The summed E-state index contributed by atoms with van der Waals surface area (Å²) in [5, 5.41) is 18.8. The van der Waals surface area contributed by atoms with Gasteiger partial charge in [0.2, 0.25) is 6.39 Å². The number of anilines is 1. The van der Waals surface area contributed by atoms with E-state index < -0.39 is 5.97 Å². The summed E-state index contributed by atoms with van der Waals surface area (Å²) in [4.78, 5) is 34.8. The number of nitrogens with one attached hydrogen (secondary N) is 2. The Morgan fingerprint density at radius 3 is 2.59 bits per heavy atom. The van der Waals surface area contributed by atoms with E-state index in [1.165, 1.54) is 17.7 Å². The van der Waals surface area contributed by atoms with Crippen LogP contribution in [-0.4, -0.2) is 70.0 Å². The molecule has 0 aromatic carbocycles. The number of ether oxygens (including phenoxy) is 1. The molecule has 0 radical (unpaired) electrons. The fourth-order valence-electron chi connectivity index (χ4n) is 3.40. The predicted octanol–water partition coefficient (Wildman–Crippen LogP) is 3.32. The minimum absolute atomic E-state index is 0.0305. The molecule has 0 bridgehead atoms. The summed E-state index contributed by atoms with van der Waals surface area (Å²) >= 11 is 13.4. The van der Waals surface area contributed by atoms with E-state index in [1.807, 2.05) is 0 Å². The molecule has 3 aromatic rings. The number of esters is 1. The number of aliphatic hydroxyl groups is 1. The average molecular weight is 531 g/mol. The minimum Gasteiger partial charge on any atom is -0.462 e. The van der Waals surface area contributed by atoms with Crippen LogP contribution in [0.2, 0.25) is 10.0 Å². The lowest BCUT2D eigenvalue weighted by molar-refractivity contribution is 0.0532. The molecular formula is C20H24Cl2N6O5S. The topological polar surface area (TPSA) is 146 Å². The second-order valence-corrected chi connectivity index (χ2v) is 8.86. The number of nitrogens with zero attached hydrogens (tertiary/aromatic N) is 4. The first-order valence-electron chi connectivity index (χ1n) is 10.4. The van der Waals surface area contributed by atoms with Crippen molar-refractivity contribution < 1.29 is 23.8 Å². The first-order valence-corrected chi connectivity index (χ1v) is 11.9. The first kappa shape index (κ1) is 25.9. The number of aryl methyl sites for hydroxylation is 1. The maximum atomic E-state index is 12.6. The van der Waals surface area contributed by atoms with E-state index in [-0.39, 0.29) is 35.2 Å². The number of aromatic nitrogens is 4. The molecule has 0 atom stereocenters. The van der Waals surface area contributed by atoms with E-state index >= 15 is 0 Å². The van der Waals surface area contributed by atoms with Crippen LogP contribution in [0.15, 0.2) is 10.8 Å². The third-order valence-electron chi connectivity index (χ3n) is 5.02. The van der Waals surface area contributed by atoms with Crippen molar-refractivity contribution in [2.24, 2.45) is 0 Å². The zero-order valence-corrected chi connectivity index (χ0v) is 21.1. The van der Waals surface area contributed by atoms with Gasteiger partial charge >= 0.3 is 5.97 Å². The number of hydrogen-bond donors (Lipinski definition) is 3. The number of aromatic amines is 1. The monoisotopic (exact) mass is 530 g/mol. The maximum Gasteiger partial charge on any atom is 0.350 e. The number of amides is 1. The lowest BCUT2D eigenvalue weighted by atomic mass is 10.1. The van der Waals surface area contributed by atoms with Crippen LogP contribution in [0.5, 0.6) is 0 Å². The summed E-state index contributed by atoms with van der Waals surface area (Å²) in [6.07, 6.45) is 2.57. The highest BCUT2D eigenvalue weighted by Crippen LogP contribution is 2.34. The van der Waals surface area contributed by atoms with Gasteiger partial charge < -0.3 is 29.5 Å². The summed E-state index contributed by atoms with van der Waals surface area (Å²) in [6.45, 7) is 5.02. The molecule has 1 aliphatic rings. The molecule has 0 spiro atoms. The molecule has 4 rings (SSSR count). The highest BCUT2D eigenvalue weighted by Gasteiger charge is 2.29. The van der Waals surface area contributed by atoms with Crippen molar-refractivity contribution in [2.75, 3.05) is 31.7 Å². The minimum atomic E-state index is -0.483. The predicted molar refractivity (Wildman–Crippen MR) is 128 cm³/mol. The molecule has 4 heterocycles. The standard InChI is InChI=1S/C19H20Cl2N6O4S.CH4O/c1-3-30-18(29)15-14(17-26-22-8-31-17)25-19(32-15)27-6-4-10(5-7-27)24-16(28)13-12(21)11(20)9(2)23-13;1-2/h8,10,23H,3-7H2,1-2H3,(H,24,28);2H,1H3. The molecule has 11 nitrogen and oxygen atoms in total. The van der Waals surface area contributed by atoms with Crippen LogP contribution in [0.1, 0.15) is 45.6 Å². The Labute approximate surface area is 209 Å². The number of piperidine rings is 1. The molecule has 3 aromatic heterocycles. The lowest BCUT2D eigenvalue weighted by Gasteiger charge is -2.32. The maximum absolute atomic E-state index is 12.6. The molecule has 1 saturated heterocycles. The van der Waals surface area contributed by atoms with Crippen molar-refractivity contribution in [3.05, 3.63) is 32.7 Å². The normalized spacial score (nSPS) is 13.9. The highest BCUT2D eigenvalue weighted by atomic mass is 35.5. The van der Waals surface area contributed by atoms with Gasteiger partial charge in [-0.25, -0.2) is 9.78 Å². The van der Waals surface area contributed by atoms with Crippen LogP contribution < -0.4 is 10.2 Å². The lowest BCUT2D eigenvalue weighted by Crippen LogP contribution is -2.44. The third kappa shape index (κ3) is 5.52. The Bertz CT molecular complexity index is 1130.